The quantitative estimate of drug-likeness (QED) is 0.0146. The fraction of sp³-hybridized carbons (Fsp3) is 0.769. The van der Waals surface area contributed by atoms with Crippen molar-refractivity contribution in [3.05, 3.63) is 109 Å². The van der Waals surface area contributed by atoms with Crippen molar-refractivity contribution in [2.75, 3.05) is 39.6 Å². The Balaban J connectivity index is 4.38. The van der Waals surface area contributed by atoms with Crippen LogP contribution in [-0.2, 0) is 55.8 Å². The highest BCUT2D eigenvalue weighted by atomic mass is 31.2. The summed E-state index contributed by atoms with van der Waals surface area (Å²) in [5.41, 5.74) is 0. The van der Waals surface area contributed by atoms with Crippen LogP contribution >= 0.6 is 15.6 Å². The number of aliphatic hydroxyl groups excluding tert-OH is 2. The van der Waals surface area contributed by atoms with Crippen molar-refractivity contribution in [1.29, 1.82) is 0 Å². The average molecular weight is 1570 g/mol. The highest BCUT2D eigenvalue weighted by Gasteiger charge is 2.29. The van der Waals surface area contributed by atoms with Gasteiger partial charge in [-0.3, -0.25) is 32.5 Å². The minimum absolute atomic E-state index is 0.0937. The highest BCUT2D eigenvalue weighted by Crippen LogP contribution is 2.45. The molecule has 0 amide bonds. The number of unbranched alkanes of at least 4 members (excludes halogenated alkanes) is 43. The monoisotopic (exact) mass is 1570 g/mol. The maximum absolute atomic E-state index is 13.0. The fourth-order valence-corrected chi connectivity index (χ4v) is 13.8. The first kappa shape index (κ1) is 105. The van der Waals surface area contributed by atoms with E-state index in [0.29, 0.717) is 19.3 Å². The van der Waals surface area contributed by atoms with Gasteiger partial charge in [-0.1, -0.05) is 348 Å². The minimum Gasteiger partial charge on any atom is -0.463 e. The number of carbonyl (C=O) groups excluding carboxylic acids is 3. The van der Waals surface area contributed by atoms with E-state index in [1.807, 2.05) is 0 Å². The predicted octanol–water partition coefficient (Wildman–Crippen LogP) is 26.7. The smallest absolute Gasteiger partial charge is 0.463 e. The topological polar surface area (TPSA) is 231 Å². The number of phosphoric ester groups is 2. The molecule has 5 unspecified atom stereocenters. The van der Waals surface area contributed by atoms with E-state index in [1.54, 1.807) is 0 Å². The summed E-state index contributed by atoms with van der Waals surface area (Å²) in [6.07, 6.45) is 100. The van der Waals surface area contributed by atoms with E-state index in [2.05, 4.69) is 130 Å². The molecule has 0 aromatic rings. The van der Waals surface area contributed by atoms with Gasteiger partial charge in [0, 0.05) is 19.3 Å². The number of phosphoric acid groups is 2. The number of hydrogen-bond donors (Lipinski definition) is 4. The van der Waals surface area contributed by atoms with E-state index in [1.165, 1.54) is 205 Å². The second-order valence-corrected chi connectivity index (χ2v) is 32.6. The first-order valence-electron chi connectivity index (χ1n) is 44.2. The van der Waals surface area contributed by atoms with Crippen molar-refractivity contribution in [3.63, 3.8) is 0 Å². The van der Waals surface area contributed by atoms with Gasteiger partial charge in [-0.15, -0.1) is 0 Å². The molecule has 0 aromatic heterocycles. The molecule has 632 valence electrons. The summed E-state index contributed by atoms with van der Waals surface area (Å²) >= 11 is 0. The lowest BCUT2D eigenvalue weighted by Gasteiger charge is -2.21. The lowest BCUT2D eigenvalue weighted by atomic mass is 10.0. The van der Waals surface area contributed by atoms with Gasteiger partial charge in [0.05, 0.1) is 26.4 Å². The Morgan fingerprint density at radius 3 is 0.752 bits per heavy atom. The summed E-state index contributed by atoms with van der Waals surface area (Å²) in [5, 5.41) is 20.7. The maximum Gasteiger partial charge on any atom is 0.472 e. The van der Waals surface area contributed by atoms with E-state index < -0.39 is 91.5 Å². The lowest BCUT2D eigenvalue weighted by Crippen LogP contribution is -2.30. The van der Waals surface area contributed by atoms with Crippen LogP contribution in [0.25, 0.3) is 0 Å². The van der Waals surface area contributed by atoms with Gasteiger partial charge in [0.15, 0.2) is 6.10 Å². The molecule has 4 N–H and O–H groups in total. The summed E-state index contributed by atoms with van der Waals surface area (Å²) in [7, 11) is -9.79. The summed E-state index contributed by atoms with van der Waals surface area (Å²) < 4.78 is 61.3. The molecule has 109 heavy (non-hydrogen) atoms. The number of hydrogen-bond acceptors (Lipinski definition) is 14. The van der Waals surface area contributed by atoms with Crippen molar-refractivity contribution in [3.8, 4) is 0 Å². The first-order chi connectivity index (χ1) is 53.2. The molecular formula is C91H162O16P2. The Hall–Kier alpha value is -3.79. The second-order valence-electron chi connectivity index (χ2n) is 29.7. The number of aliphatic hydroxyl groups is 2. The summed E-state index contributed by atoms with van der Waals surface area (Å²) in [4.78, 5) is 58.7. The first-order valence-corrected chi connectivity index (χ1v) is 47.2. The molecule has 0 aliphatic rings. The van der Waals surface area contributed by atoms with Crippen molar-refractivity contribution >= 4 is 33.6 Å². The molecule has 0 spiro atoms. The van der Waals surface area contributed by atoms with Gasteiger partial charge < -0.3 is 34.2 Å². The third-order valence-electron chi connectivity index (χ3n) is 18.9. The molecule has 18 heteroatoms. The van der Waals surface area contributed by atoms with Gasteiger partial charge in [-0.2, -0.15) is 0 Å². The van der Waals surface area contributed by atoms with Crippen LogP contribution in [-0.4, -0.2) is 95.9 Å². The Bertz CT molecular complexity index is 2420. The van der Waals surface area contributed by atoms with Crippen LogP contribution in [0.4, 0.5) is 0 Å². The van der Waals surface area contributed by atoms with Crippen molar-refractivity contribution < 1.29 is 75.8 Å². The molecule has 0 aliphatic heterocycles. The van der Waals surface area contributed by atoms with Crippen molar-refractivity contribution in [1.82, 2.24) is 0 Å². The molecule has 16 nitrogen and oxygen atoms in total. The van der Waals surface area contributed by atoms with Gasteiger partial charge in [-0.25, -0.2) is 9.13 Å². The third-order valence-corrected chi connectivity index (χ3v) is 20.8. The number of ether oxygens (including phenoxy) is 3. The maximum atomic E-state index is 13.0. The zero-order valence-electron chi connectivity index (χ0n) is 69.5. The molecular weight excluding hydrogens is 1410 g/mol. The van der Waals surface area contributed by atoms with Gasteiger partial charge in [0.2, 0.25) is 0 Å². The summed E-state index contributed by atoms with van der Waals surface area (Å²) in [6, 6.07) is 0. The standard InChI is InChI=1S/C91H162O16P2/c1-4-7-10-13-16-19-22-25-27-29-31-33-35-37-38-39-40-41-42-43-44-45-46-48-50-51-53-55-57-60-62-65-68-71-74-77-89(94)101-80-86(92)81-103-108(97,98)104-82-87(93)83-105-109(99,100)106-85-88(107-91(96)79-76-73-70-67-64-59-24-21-18-15-12-9-6-3)84-102-90(95)78-75-72-69-66-63-61-58-56-54-52-49-47-36-34-32-30-28-26-23-20-17-14-11-8-5-2/h16-17,19-21,24-28,31-34,37-38,47,49,86-88,92-93H,4-15,18,22-23,29-30,35-36,39-46,48,50-85H2,1-3H3,(H,97,98)(H,99,100)/b19-16-,20-17-,24-21-,27-25-,28-26-,33-31-,34-32-,38-37-,49-47-. The van der Waals surface area contributed by atoms with Crippen LogP contribution in [0.5, 0.6) is 0 Å². The molecule has 0 aliphatic carbocycles. The van der Waals surface area contributed by atoms with Crippen LogP contribution in [0, 0.1) is 0 Å². The Kier molecular flexibility index (Phi) is 80.7. The number of rotatable bonds is 84. The summed E-state index contributed by atoms with van der Waals surface area (Å²) in [6.45, 7) is 2.64. The molecule has 0 bridgehead atoms. The van der Waals surface area contributed by atoms with Crippen LogP contribution in [0.15, 0.2) is 109 Å². The molecule has 0 saturated carbocycles. The van der Waals surface area contributed by atoms with Crippen LogP contribution in [0.2, 0.25) is 0 Å². The van der Waals surface area contributed by atoms with Crippen molar-refractivity contribution in [2.45, 2.75) is 411 Å². The van der Waals surface area contributed by atoms with Crippen molar-refractivity contribution in [2.24, 2.45) is 0 Å². The number of esters is 3. The van der Waals surface area contributed by atoms with E-state index in [4.69, 9.17) is 32.3 Å². The number of allylic oxidation sites excluding steroid dienone is 18. The Morgan fingerprint density at radius 1 is 0.257 bits per heavy atom. The molecule has 0 radical (unpaired) electrons. The number of carbonyl (C=O) groups is 3. The van der Waals surface area contributed by atoms with Gasteiger partial charge >= 0.3 is 33.6 Å². The SMILES string of the molecule is CCCCC/C=C\C/C=C\C/C=C\C/C=C\CCCCCCCCCCCCCCCCCCCCCC(=O)OCC(O)COP(=O)(O)OCC(O)COP(=O)(O)OCC(COC(=O)CCCCCCCCCCC/C=C\C/C=C\C/C=C\C/C=C\CCCCC)OC(=O)CCCCCCC/C=C\CCCCCC. The lowest BCUT2D eigenvalue weighted by molar-refractivity contribution is -0.161. The van der Waals surface area contributed by atoms with E-state index in [0.717, 1.165) is 128 Å². The molecule has 0 aromatic carbocycles. The Labute approximate surface area is 666 Å². The fourth-order valence-electron chi connectivity index (χ4n) is 12.2. The zero-order chi connectivity index (χ0) is 79.4. The van der Waals surface area contributed by atoms with Gasteiger partial charge in [0.25, 0.3) is 0 Å². The van der Waals surface area contributed by atoms with Crippen LogP contribution < -0.4 is 0 Å². The second kappa shape index (κ2) is 83.6. The minimum atomic E-state index is -4.93. The van der Waals surface area contributed by atoms with E-state index in [-0.39, 0.29) is 19.3 Å². The third kappa shape index (κ3) is 84.9. The zero-order valence-corrected chi connectivity index (χ0v) is 71.3. The van der Waals surface area contributed by atoms with Gasteiger partial charge in [0.1, 0.15) is 25.4 Å². The Morgan fingerprint density at radius 2 is 0.459 bits per heavy atom. The largest absolute Gasteiger partial charge is 0.472 e. The van der Waals surface area contributed by atoms with E-state index in [9.17, 15) is 43.5 Å². The van der Waals surface area contributed by atoms with Crippen LogP contribution in [0.3, 0.4) is 0 Å². The highest BCUT2D eigenvalue weighted by molar-refractivity contribution is 7.47. The molecule has 5 atom stereocenters. The molecule has 0 saturated heterocycles. The van der Waals surface area contributed by atoms with E-state index >= 15 is 0 Å². The summed E-state index contributed by atoms with van der Waals surface area (Å²) in [5.74, 6) is -1.58. The van der Waals surface area contributed by atoms with Crippen LogP contribution in [0.1, 0.15) is 393 Å². The molecule has 0 rings (SSSR count). The molecule has 0 fully saturated rings. The normalized spacial score (nSPS) is 14.4. The van der Waals surface area contributed by atoms with Gasteiger partial charge in [-0.05, 0) is 135 Å². The predicted molar refractivity (Wildman–Crippen MR) is 454 cm³/mol. The molecule has 0 heterocycles. The average Bonchev–Trinajstić information content (AvgIpc) is 0.905.